The monoisotopic (exact) mass is 256 g/mol. The quantitative estimate of drug-likeness (QED) is 0.465. The predicted octanol–water partition coefficient (Wildman–Crippen LogP) is 0.466. The second-order valence-corrected chi connectivity index (χ2v) is 4.40. The van der Waals surface area contributed by atoms with Crippen LogP contribution in [0.4, 0.5) is 0 Å². The third-order valence-corrected chi connectivity index (χ3v) is 2.98. The van der Waals surface area contributed by atoms with Crippen LogP contribution in [0.1, 0.15) is 19.8 Å². The molecule has 2 N–H and O–H groups in total. The Balaban J connectivity index is 1.96. The number of hydrogen-bond donors (Lipinski definition) is 2. The summed E-state index contributed by atoms with van der Waals surface area (Å²) in [6.45, 7) is 6.31. The molecule has 0 bridgehead atoms. The van der Waals surface area contributed by atoms with Crippen molar-refractivity contribution in [1.82, 2.24) is 10.6 Å². The van der Waals surface area contributed by atoms with E-state index in [4.69, 9.17) is 9.47 Å². The van der Waals surface area contributed by atoms with E-state index in [1.165, 1.54) is 5.57 Å². The lowest BCUT2D eigenvalue weighted by Gasteiger charge is -2.21. The SMILES string of the molecule is COCCOCCCCNC(=O)C(C)=C1CNC1. The number of carbonyl (C=O) groups excluding carboxylic acids is 1. The highest BCUT2D eigenvalue weighted by molar-refractivity contribution is 5.93. The minimum absolute atomic E-state index is 0.0619. The van der Waals surface area contributed by atoms with Gasteiger partial charge in [0.2, 0.25) is 5.91 Å². The van der Waals surface area contributed by atoms with Gasteiger partial charge >= 0.3 is 0 Å². The molecule has 0 aromatic rings. The van der Waals surface area contributed by atoms with Gasteiger partial charge in [-0.15, -0.1) is 0 Å². The van der Waals surface area contributed by atoms with Crippen molar-refractivity contribution in [1.29, 1.82) is 0 Å². The van der Waals surface area contributed by atoms with Crippen LogP contribution < -0.4 is 10.6 Å². The Morgan fingerprint density at radius 1 is 1.28 bits per heavy atom. The molecular weight excluding hydrogens is 232 g/mol. The zero-order valence-corrected chi connectivity index (χ0v) is 11.4. The van der Waals surface area contributed by atoms with Crippen LogP contribution in [0.25, 0.3) is 0 Å². The maximum atomic E-state index is 11.7. The summed E-state index contributed by atoms with van der Waals surface area (Å²) < 4.78 is 10.2. The zero-order chi connectivity index (χ0) is 13.2. The molecule has 0 aromatic carbocycles. The normalized spacial score (nSPS) is 14.2. The standard InChI is InChI=1S/C13H24N2O3/c1-11(12-9-14-10-12)13(16)15-5-3-4-6-18-8-7-17-2/h14H,3-10H2,1-2H3,(H,15,16). The van der Waals surface area contributed by atoms with Gasteiger partial charge in [-0.3, -0.25) is 4.79 Å². The van der Waals surface area contributed by atoms with Crippen LogP contribution in [0, 0.1) is 0 Å². The number of carbonyl (C=O) groups is 1. The topological polar surface area (TPSA) is 59.6 Å². The zero-order valence-electron chi connectivity index (χ0n) is 11.4. The van der Waals surface area contributed by atoms with Crippen LogP contribution in [0.2, 0.25) is 0 Å². The molecule has 1 amide bonds. The first kappa shape index (κ1) is 15.1. The van der Waals surface area contributed by atoms with Gasteiger partial charge in [0, 0.05) is 38.9 Å². The van der Waals surface area contributed by atoms with E-state index >= 15 is 0 Å². The average molecular weight is 256 g/mol. The molecule has 5 nitrogen and oxygen atoms in total. The molecule has 0 unspecified atom stereocenters. The van der Waals surface area contributed by atoms with Gasteiger partial charge in [0.05, 0.1) is 13.2 Å². The Morgan fingerprint density at radius 2 is 2.06 bits per heavy atom. The highest BCUT2D eigenvalue weighted by Crippen LogP contribution is 2.08. The Kier molecular flexibility index (Phi) is 7.64. The first-order chi connectivity index (χ1) is 8.75. The molecule has 0 atom stereocenters. The van der Waals surface area contributed by atoms with E-state index in [1.807, 2.05) is 6.92 Å². The van der Waals surface area contributed by atoms with Crippen LogP contribution >= 0.6 is 0 Å². The van der Waals surface area contributed by atoms with Gasteiger partial charge in [-0.1, -0.05) is 0 Å². The van der Waals surface area contributed by atoms with Gasteiger partial charge in [0.1, 0.15) is 0 Å². The van der Waals surface area contributed by atoms with Crippen molar-refractivity contribution in [3.05, 3.63) is 11.1 Å². The molecular formula is C13H24N2O3. The van der Waals surface area contributed by atoms with Crippen molar-refractivity contribution in [3.63, 3.8) is 0 Å². The molecule has 0 spiro atoms. The predicted molar refractivity (Wildman–Crippen MR) is 70.5 cm³/mol. The Bertz CT molecular complexity index is 284. The molecule has 0 aromatic heterocycles. The Hall–Kier alpha value is -0.910. The largest absolute Gasteiger partial charge is 0.382 e. The second-order valence-electron chi connectivity index (χ2n) is 4.40. The van der Waals surface area contributed by atoms with Crippen LogP contribution in [-0.2, 0) is 14.3 Å². The van der Waals surface area contributed by atoms with Gasteiger partial charge in [0.25, 0.3) is 0 Å². The Labute approximate surface area is 109 Å². The summed E-state index contributed by atoms with van der Waals surface area (Å²) in [7, 11) is 1.66. The molecule has 1 rings (SSSR count). The van der Waals surface area contributed by atoms with E-state index in [0.717, 1.165) is 38.1 Å². The van der Waals surface area contributed by atoms with E-state index in [-0.39, 0.29) is 5.91 Å². The molecule has 1 aliphatic rings. The van der Waals surface area contributed by atoms with E-state index in [9.17, 15) is 4.79 Å². The molecule has 104 valence electrons. The molecule has 1 fully saturated rings. The van der Waals surface area contributed by atoms with Crippen LogP contribution in [-0.4, -0.2) is 52.5 Å². The highest BCUT2D eigenvalue weighted by atomic mass is 16.5. The lowest BCUT2D eigenvalue weighted by atomic mass is 10.0. The fourth-order valence-corrected chi connectivity index (χ4v) is 1.58. The van der Waals surface area contributed by atoms with Gasteiger partial charge in [-0.2, -0.15) is 0 Å². The van der Waals surface area contributed by atoms with Crippen molar-refractivity contribution in [2.45, 2.75) is 19.8 Å². The lowest BCUT2D eigenvalue weighted by molar-refractivity contribution is -0.117. The lowest BCUT2D eigenvalue weighted by Crippen LogP contribution is -2.37. The third kappa shape index (κ3) is 5.62. The van der Waals surface area contributed by atoms with Crippen LogP contribution in [0.5, 0.6) is 0 Å². The first-order valence-corrected chi connectivity index (χ1v) is 6.50. The summed E-state index contributed by atoms with van der Waals surface area (Å²) in [4.78, 5) is 11.7. The van der Waals surface area contributed by atoms with Crippen molar-refractivity contribution in [2.24, 2.45) is 0 Å². The summed E-state index contributed by atoms with van der Waals surface area (Å²) in [5.41, 5.74) is 2.08. The highest BCUT2D eigenvalue weighted by Gasteiger charge is 2.15. The molecule has 0 radical (unpaired) electrons. The number of amides is 1. The maximum Gasteiger partial charge on any atom is 0.246 e. The summed E-state index contributed by atoms with van der Waals surface area (Å²) in [6.07, 6.45) is 1.90. The van der Waals surface area contributed by atoms with Gasteiger partial charge < -0.3 is 20.1 Å². The van der Waals surface area contributed by atoms with Crippen molar-refractivity contribution < 1.29 is 14.3 Å². The number of unbranched alkanes of at least 4 members (excludes halogenated alkanes) is 1. The number of rotatable bonds is 9. The van der Waals surface area contributed by atoms with Crippen molar-refractivity contribution in [2.75, 3.05) is 46.6 Å². The molecule has 18 heavy (non-hydrogen) atoms. The van der Waals surface area contributed by atoms with Gasteiger partial charge in [-0.05, 0) is 25.3 Å². The van der Waals surface area contributed by atoms with Crippen molar-refractivity contribution >= 4 is 5.91 Å². The van der Waals surface area contributed by atoms with Gasteiger partial charge in [-0.25, -0.2) is 0 Å². The van der Waals surface area contributed by atoms with E-state index in [2.05, 4.69) is 10.6 Å². The summed E-state index contributed by atoms with van der Waals surface area (Å²) >= 11 is 0. The molecule has 0 saturated carbocycles. The summed E-state index contributed by atoms with van der Waals surface area (Å²) in [5, 5.41) is 6.06. The number of methoxy groups -OCH3 is 1. The Morgan fingerprint density at radius 3 is 2.67 bits per heavy atom. The van der Waals surface area contributed by atoms with Crippen molar-refractivity contribution in [3.8, 4) is 0 Å². The maximum absolute atomic E-state index is 11.7. The molecule has 5 heteroatoms. The van der Waals surface area contributed by atoms with E-state index < -0.39 is 0 Å². The molecule has 1 heterocycles. The number of nitrogens with one attached hydrogen (secondary N) is 2. The minimum atomic E-state index is 0.0619. The minimum Gasteiger partial charge on any atom is -0.382 e. The molecule has 0 aliphatic carbocycles. The average Bonchev–Trinajstić information content (AvgIpc) is 2.30. The summed E-state index contributed by atoms with van der Waals surface area (Å²) in [6, 6.07) is 0. The second kappa shape index (κ2) is 9.08. The molecule has 1 saturated heterocycles. The van der Waals surface area contributed by atoms with E-state index in [0.29, 0.717) is 19.8 Å². The fourth-order valence-electron chi connectivity index (χ4n) is 1.58. The van der Waals surface area contributed by atoms with Gasteiger partial charge in [0.15, 0.2) is 0 Å². The smallest absolute Gasteiger partial charge is 0.246 e. The fraction of sp³-hybridized carbons (Fsp3) is 0.769. The van der Waals surface area contributed by atoms with E-state index in [1.54, 1.807) is 7.11 Å². The van der Waals surface area contributed by atoms with Crippen LogP contribution in [0.3, 0.4) is 0 Å². The third-order valence-electron chi connectivity index (χ3n) is 2.98. The first-order valence-electron chi connectivity index (χ1n) is 6.50. The summed E-state index contributed by atoms with van der Waals surface area (Å²) in [5.74, 6) is 0.0619. The van der Waals surface area contributed by atoms with Crippen LogP contribution in [0.15, 0.2) is 11.1 Å². The molecule has 1 aliphatic heterocycles. The number of hydrogen-bond acceptors (Lipinski definition) is 4. The number of ether oxygens (including phenoxy) is 2.